The number of pyridine rings is 1. The predicted octanol–water partition coefficient (Wildman–Crippen LogP) is 4.63. The first-order valence-electron chi connectivity index (χ1n) is 6.38. The van der Waals surface area contributed by atoms with Crippen LogP contribution >= 0.6 is 11.3 Å². The Bertz CT molecular complexity index is 651. The van der Waals surface area contributed by atoms with E-state index in [2.05, 4.69) is 40.6 Å². The Hall–Kier alpha value is -1.61. The molecule has 3 rings (SSSR count). The molecule has 0 aliphatic rings. The van der Waals surface area contributed by atoms with Crippen LogP contribution in [0.3, 0.4) is 0 Å². The minimum Gasteiger partial charge on any atom is -0.345 e. The first-order chi connectivity index (χ1) is 8.88. The van der Waals surface area contributed by atoms with Gasteiger partial charge in [0.1, 0.15) is 5.65 Å². The maximum absolute atomic E-state index is 4.33. The fourth-order valence-electron chi connectivity index (χ4n) is 2.19. The minimum atomic E-state index is 0.969. The van der Waals surface area contributed by atoms with E-state index < -0.39 is 0 Å². The van der Waals surface area contributed by atoms with Crippen LogP contribution in [0.4, 0.5) is 0 Å². The van der Waals surface area contributed by atoms with Gasteiger partial charge in [-0.1, -0.05) is 13.3 Å². The van der Waals surface area contributed by atoms with Crippen LogP contribution in [0.2, 0.25) is 0 Å². The molecule has 0 saturated carbocycles. The van der Waals surface area contributed by atoms with Gasteiger partial charge in [-0.3, -0.25) is 0 Å². The maximum Gasteiger partial charge on any atom is 0.137 e. The number of aromatic nitrogens is 2. The number of fused-ring (bicyclic) bond motifs is 1. The first kappa shape index (κ1) is 11.5. The summed E-state index contributed by atoms with van der Waals surface area (Å²) in [5.41, 5.74) is 3.69. The van der Waals surface area contributed by atoms with Crippen molar-refractivity contribution in [1.29, 1.82) is 0 Å². The van der Waals surface area contributed by atoms with Crippen molar-refractivity contribution in [3.63, 3.8) is 0 Å². The Kier molecular flexibility index (Phi) is 3.15. The van der Waals surface area contributed by atoms with Gasteiger partial charge in [-0.05, 0) is 42.0 Å². The second-order valence-corrected chi connectivity index (χ2v) is 5.44. The number of aromatic amines is 1. The standard InChI is InChI=1S/C15H16N2S/c1-2-3-5-11-8-14(18-10-11)13-9-17-15-12(13)6-4-7-16-15/h4,6-10H,2-3,5H2,1H3,(H,16,17). The average Bonchev–Trinajstić information content (AvgIpc) is 3.02. The number of hydrogen-bond donors (Lipinski definition) is 1. The van der Waals surface area contributed by atoms with Crippen molar-refractivity contribution < 1.29 is 0 Å². The molecule has 0 aliphatic heterocycles. The van der Waals surface area contributed by atoms with E-state index in [0.29, 0.717) is 0 Å². The third-order valence-corrected chi connectivity index (χ3v) is 4.20. The van der Waals surface area contributed by atoms with Gasteiger partial charge < -0.3 is 4.98 Å². The zero-order valence-corrected chi connectivity index (χ0v) is 11.3. The van der Waals surface area contributed by atoms with Crippen LogP contribution in [0.1, 0.15) is 25.3 Å². The van der Waals surface area contributed by atoms with Gasteiger partial charge in [0, 0.05) is 28.2 Å². The molecule has 0 amide bonds. The minimum absolute atomic E-state index is 0.969. The molecule has 0 atom stereocenters. The summed E-state index contributed by atoms with van der Waals surface area (Å²) in [5.74, 6) is 0. The molecule has 0 spiro atoms. The van der Waals surface area contributed by atoms with E-state index in [0.717, 1.165) is 5.65 Å². The lowest BCUT2D eigenvalue weighted by Gasteiger charge is -1.94. The molecule has 0 radical (unpaired) electrons. The lowest BCUT2D eigenvalue weighted by Crippen LogP contribution is -1.79. The lowest BCUT2D eigenvalue weighted by molar-refractivity contribution is 0.797. The van der Waals surface area contributed by atoms with Gasteiger partial charge >= 0.3 is 0 Å². The Morgan fingerprint density at radius 2 is 2.33 bits per heavy atom. The number of rotatable bonds is 4. The van der Waals surface area contributed by atoms with E-state index in [9.17, 15) is 0 Å². The van der Waals surface area contributed by atoms with Crippen molar-refractivity contribution >= 4 is 22.4 Å². The van der Waals surface area contributed by atoms with Crippen LogP contribution in [0.5, 0.6) is 0 Å². The molecule has 0 saturated heterocycles. The molecule has 18 heavy (non-hydrogen) atoms. The topological polar surface area (TPSA) is 28.7 Å². The Labute approximate surface area is 111 Å². The first-order valence-corrected chi connectivity index (χ1v) is 7.26. The van der Waals surface area contributed by atoms with Crippen molar-refractivity contribution in [2.45, 2.75) is 26.2 Å². The Morgan fingerprint density at radius 1 is 1.39 bits per heavy atom. The van der Waals surface area contributed by atoms with Crippen LogP contribution < -0.4 is 0 Å². The molecule has 0 unspecified atom stereocenters. The summed E-state index contributed by atoms with van der Waals surface area (Å²) in [7, 11) is 0. The molecule has 3 aromatic rings. The highest BCUT2D eigenvalue weighted by Gasteiger charge is 2.08. The SMILES string of the molecule is CCCCc1csc(-c2c[nH]c3ncccc23)c1. The van der Waals surface area contributed by atoms with Crippen molar-refractivity contribution in [3.05, 3.63) is 41.5 Å². The van der Waals surface area contributed by atoms with Crippen LogP contribution in [-0.2, 0) is 6.42 Å². The highest BCUT2D eigenvalue weighted by atomic mass is 32.1. The van der Waals surface area contributed by atoms with E-state index in [1.807, 2.05) is 23.6 Å². The van der Waals surface area contributed by atoms with E-state index in [-0.39, 0.29) is 0 Å². The molecule has 2 nitrogen and oxygen atoms in total. The van der Waals surface area contributed by atoms with E-state index >= 15 is 0 Å². The zero-order chi connectivity index (χ0) is 12.4. The summed E-state index contributed by atoms with van der Waals surface area (Å²) >= 11 is 1.82. The number of H-pyrrole nitrogens is 1. The van der Waals surface area contributed by atoms with Gasteiger partial charge in [-0.25, -0.2) is 4.98 Å². The highest BCUT2D eigenvalue weighted by molar-refractivity contribution is 7.13. The zero-order valence-electron chi connectivity index (χ0n) is 10.4. The number of hydrogen-bond acceptors (Lipinski definition) is 2. The number of nitrogens with one attached hydrogen (secondary N) is 1. The summed E-state index contributed by atoms with van der Waals surface area (Å²) in [6.45, 7) is 2.23. The summed E-state index contributed by atoms with van der Waals surface area (Å²) in [6.07, 6.45) is 7.60. The molecular formula is C15H16N2S. The van der Waals surface area contributed by atoms with Crippen molar-refractivity contribution in [2.75, 3.05) is 0 Å². The van der Waals surface area contributed by atoms with Gasteiger partial charge in [-0.15, -0.1) is 11.3 Å². The molecule has 3 aromatic heterocycles. The molecule has 0 fully saturated rings. The van der Waals surface area contributed by atoms with Gasteiger partial charge in [0.25, 0.3) is 0 Å². The second-order valence-electron chi connectivity index (χ2n) is 4.52. The predicted molar refractivity (Wildman–Crippen MR) is 78.0 cm³/mol. The smallest absolute Gasteiger partial charge is 0.137 e. The molecule has 3 heterocycles. The molecule has 0 aliphatic carbocycles. The van der Waals surface area contributed by atoms with E-state index in [1.165, 1.54) is 40.7 Å². The van der Waals surface area contributed by atoms with Crippen molar-refractivity contribution in [2.24, 2.45) is 0 Å². The Balaban J connectivity index is 1.96. The molecule has 1 N–H and O–H groups in total. The van der Waals surface area contributed by atoms with Gasteiger partial charge in [0.2, 0.25) is 0 Å². The van der Waals surface area contributed by atoms with Crippen molar-refractivity contribution in [3.8, 4) is 10.4 Å². The fourth-order valence-corrected chi connectivity index (χ4v) is 3.17. The average molecular weight is 256 g/mol. The normalized spacial score (nSPS) is 11.2. The summed E-state index contributed by atoms with van der Waals surface area (Å²) in [4.78, 5) is 8.90. The maximum atomic E-state index is 4.33. The van der Waals surface area contributed by atoms with Gasteiger partial charge in [-0.2, -0.15) is 0 Å². The van der Waals surface area contributed by atoms with Crippen LogP contribution in [0.25, 0.3) is 21.5 Å². The monoisotopic (exact) mass is 256 g/mol. The molecule has 3 heteroatoms. The molecule has 0 bridgehead atoms. The molecular weight excluding hydrogens is 240 g/mol. The summed E-state index contributed by atoms with van der Waals surface area (Å²) in [5, 5.41) is 3.49. The van der Waals surface area contributed by atoms with Gasteiger partial charge in [0.15, 0.2) is 0 Å². The highest BCUT2D eigenvalue weighted by Crippen LogP contribution is 2.32. The second kappa shape index (κ2) is 4.94. The van der Waals surface area contributed by atoms with E-state index in [1.54, 1.807) is 0 Å². The third-order valence-electron chi connectivity index (χ3n) is 3.19. The molecule has 92 valence electrons. The largest absolute Gasteiger partial charge is 0.345 e. The van der Waals surface area contributed by atoms with Gasteiger partial charge in [0.05, 0.1) is 0 Å². The quantitative estimate of drug-likeness (QED) is 0.724. The Morgan fingerprint density at radius 3 is 3.22 bits per heavy atom. The summed E-state index contributed by atoms with van der Waals surface area (Å²) in [6, 6.07) is 6.43. The lowest BCUT2D eigenvalue weighted by atomic mass is 10.1. The number of nitrogens with zero attached hydrogens (tertiary/aromatic N) is 1. The summed E-state index contributed by atoms with van der Waals surface area (Å²) < 4.78 is 0. The van der Waals surface area contributed by atoms with E-state index in [4.69, 9.17) is 0 Å². The van der Waals surface area contributed by atoms with Crippen LogP contribution in [0.15, 0.2) is 36.0 Å². The molecule has 0 aromatic carbocycles. The van der Waals surface area contributed by atoms with Crippen LogP contribution in [0, 0.1) is 0 Å². The third kappa shape index (κ3) is 2.06. The van der Waals surface area contributed by atoms with Crippen LogP contribution in [-0.4, -0.2) is 9.97 Å². The number of aryl methyl sites for hydroxylation is 1. The van der Waals surface area contributed by atoms with Crippen molar-refractivity contribution in [1.82, 2.24) is 9.97 Å². The fraction of sp³-hybridized carbons (Fsp3) is 0.267. The number of unbranched alkanes of at least 4 members (excludes halogenated alkanes) is 1. The number of thiophene rings is 1.